The van der Waals surface area contributed by atoms with Crippen LogP contribution in [0.2, 0.25) is 0 Å². The van der Waals surface area contributed by atoms with Gasteiger partial charge in [-0.3, -0.25) is 4.98 Å². The minimum absolute atomic E-state index is 0.323. The molecule has 0 spiro atoms. The highest BCUT2D eigenvalue weighted by Crippen LogP contribution is 2.40. The Morgan fingerprint density at radius 3 is 2.78 bits per heavy atom. The van der Waals surface area contributed by atoms with Gasteiger partial charge in [0.15, 0.2) is 5.96 Å². The lowest BCUT2D eigenvalue weighted by Crippen LogP contribution is -2.37. The van der Waals surface area contributed by atoms with Gasteiger partial charge in [-0.05, 0) is 43.7 Å². The number of esters is 1. The monoisotopic (exact) mass is 316 g/mol. The zero-order valence-corrected chi connectivity index (χ0v) is 13.5. The van der Waals surface area contributed by atoms with Gasteiger partial charge in [0.1, 0.15) is 0 Å². The van der Waals surface area contributed by atoms with Crippen LogP contribution in [0.1, 0.15) is 59.8 Å². The lowest BCUT2D eigenvalue weighted by Gasteiger charge is -2.25. The number of hydrogen-bond donors (Lipinski definition) is 2. The van der Waals surface area contributed by atoms with Crippen LogP contribution in [-0.2, 0) is 11.3 Å². The van der Waals surface area contributed by atoms with Gasteiger partial charge in [-0.2, -0.15) is 0 Å². The van der Waals surface area contributed by atoms with Crippen LogP contribution in [0.3, 0.4) is 0 Å². The van der Waals surface area contributed by atoms with Crippen LogP contribution < -0.4 is 11.1 Å². The van der Waals surface area contributed by atoms with Crippen molar-refractivity contribution in [1.29, 1.82) is 0 Å². The van der Waals surface area contributed by atoms with E-state index in [1.165, 1.54) is 26.4 Å². The molecule has 2 aliphatic carbocycles. The molecule has 0 saturated heterocycles. The number of carbonyl (C=O) groups excluding carboxylic acids is 1. The largest absolute Gasteiger partial charge is 0.465 e. The third-order valence-corrected chi connectivity index (χ3v) is 4.56. The van der Waals surface area contributed by atoms with Gasteiger partial charge in [-0.15, -0.1) is 0 Å². The molecule has 2 aliphatic rings. The Hall–Kier alpha value is -2.11. The van der Waals surface area contributed by atoms with Crippen LogP contribution in [0.4, 0.5) is 0 Å². The fraction of sp³-hybridized carbons (Fsp3) is 0.588. The number of hydrogen-bond acceptors (Lipinski definition) is 4. The topological polar surface area (TPSA) is 89.6 Å². The van der Waals surface area contributed by atoms with Crippen molar-refractivity contribution in [2.45, 2.75) is 44.6 Å². The minimum atomic E-state index is -0.323. The van der Waals surface area contributed by atoms with Crippen LogP contribution in [0.5, 0.6) is 0 Å². The smallest absolute Gasteiger partial charge is 0.339 e. The molecular formula is C17H24N4O2. The summed E-state index contributed by atoms with van der Waals surface area (Å²) in [6.07, 6.45) is 6.04. The Balaban J connectivity index is 1.63. The van der Waals surface area contributed by atoms with E-state index in [4.69, 9.17) is 10.5 Å². The summed E-state index contributed by atoms with van der Waals surface area (Å²) >= 11 is 0. The number of pyridine rings is 1. The van der Waals surface area contributed by atoms with E-state index < -0.39 is 0 Å². The van der Waals surface area contributed by atoms with Crippen molar-refractivity contribution in [3.8, 4) is 0 Å². The molecule has 0 amide bonds. The van der Waals surface area contributed by atoms with Gasteiger partial charge in [0.2, 0.25) is 0 Å². The normalized spacial score (nSPS) is 18.4. The second-order valence-corrected chi connectivity index (χ2v) is 6.38. The minimum Gasteiger partial charge on any atom is -0.465 e. The van der Waals surface area contributed by atoms with E-state index in [1.54, 1.807) is 6.07 Å². The van der Waals surface area contributed by atoms with E-state index >= 15 is 0 Å². The van der Waals surface area contributed by atoms with E-state index in [0.29, 0.717) is 24.0 Å². The van der Waals surface area contributed by atoms with Crippen LogP contribution >= 0.6 is 0 Å². The van der Waals surface area contributed by atoms with E-state index in [-0.39, 0.29) is 5.97 Å². The quantitative estimate of drug-likeness (QED) is 0.475. The molecule has 0 aliphatic heterocycles. The zero-order valence-electron chi connectivity index (χ0n) is 13.5. The summed E-state index contributed by atoms with van der Waals surface area (Å²) in [5, 5.41) is 3.17. The molecule has 23 heavy (non-hydrogen) atoms. The molecule has 124 valence electrons. The molecule has 2 saturated carbocycles. The summed E-state index contributed by atoms with van der Waals surface area (Å²) in [5.74, 6) is 1.25. The number of carbonyl (C=O) groups is 1. The predicted molar refractivity (Wildman–Crippen MR) is 88.2 cm³/mol. The van der Waals surface area contributed by atoms with Crippen molar-refractivity contribution < 1.29 is 9.53 Å². The Labute approximate surface area is 136 Å². The van der Waals surface area contributed by atoms with Gasteiger partial charge in [0.25, 0.3) is 0 Å². The Morgan fingerprint density at radius 1 is 1.39 bits per heavy atom. The molecule has 1 heterocycles. The number of methoxy groups -OCH3 is 1. The van der Waals surface area contributed by atoms with Crippen LogP contribution in [0.25, 0.3) is 0 Å². The van der Waals surface area contributed by atoms with Crippen molar-refractivity contribution in [1.82, 2.24) is 10.3 Å². The highest BCUT2D eigenvalue weighted by molar-refractivity contribution is 5.90. The molecule has 6 heteroatoms. The van der Waals surface area contributed by atoms with E-state index in [0.717, 1.165) is 36.7 Å². The van der Waals surface area contributed by atoms with Crippen LogP contribution in [-0.4, -0.2) is 30.6 Å². The van der Waals surface area contributed by atoms with Crippen molar-refractivity contribution in [2.24, 2.45) is 16.6 Å². The molecule has 2 fully saturated rings. The maximum atomic E-state index is 11.8. The van der Waals surface area contributed by atoms with E-state index in [2.05, 4.69) is 15.3 Å². The Morgan fingerprint density at radius 2 is 2.17 bits per heavy atom. The number of aromatic nitrogens is 1. The maximum absolute atomic E-state index is 11.8. The number of guanidine groups is 1. The first-order valence-corrected chi connectivity index (χ1v) is 8.29. The van der Waals surface area contributed by atoms with Crippen molar-refractivity contribution in [3.05, 3.63) is 29.1 Å². The summed E-state index contributed by atoms with van der Waals surface area (Å²) < 4.78 is 4.83. The standard InChI is InChI=1S/C17H24N4O2/c1-23-16(22)14-8-7-13(21-15(14)12-5-6-12)10-20-17(18)19-9-11-3-2-4-11/h7-8,11-12H,2-6,9-10H2,1H3,(H3,18,19,20). The highest BCUT2D eigenvalue weighted by Gasteiger charge is 2.30. The third-order valence-electron chi connectivity index (χ3n) is 4.56. The average Bonchev–Trinajstić information content (AvgIpc) is 3.35. The highest BCUT2D eigenvalue weighted by atomic mass is 16.5. The van der Waals surface area contributed by atoms with Gasteiger partial charge < -0.3 is 15.8 Å². The number of aliphatic imine (C=N–C) groups is 1. The molecule has 0 atom stereocenters. The molecule has 3 rings (SSSR count). The molecule has 6 nitrogen and oxygen atoms in total. The van der Waals surface area contributed by atoms with Gasteiger partial charge in [-0.25, -0.2) is 9.79 Å². The zero-order chi connectivity index (χ0) is 16.2. The lowest BCUT2D eigenvalue weighted by atomic mass is 9.85. The first kappa shape index (κ1) is 15.8. The molecule has 0 bridgehead atoms. The number of ether oxygens (including phenoxy) is 1. The summed E-state index contributed by atoms with van der Waals surface area (Å²) in [6, 6.07) is 3.61. The van der Waals surface area contributed by atoms with Crippen molar-refractivity contribution >= 4 is 11.9 Å². The fourth-order valence-corrected chi connectivity index (χ4v) is 2.72. The van der Waals surface area contributed by atoms with Crippen LogP contribution in [0.15, 0.2) is 17.1 Å². The molecule has 3 N–H and O–H groups in total. The van der Waals surface area contributed by atoms with Crippen molar-refractivity contribution in [3.63, 3.8) is 0 Å². The molecule has 1 aromatic heterocycles. The van der Waals surface area contributed by atoms with Gasteiger partial charge in [0, 0.05) is 12.5 Å². The predicted octanol–water partition coefficient (Wildman–Crippen LogP) is 1.95. The summed E-state index contributed by atoms with van der Waals surface area (Å²) in [6.45, 7) is 1.32. The summed E-state index contributed by atoms with van der Waals surface area (Å²) in [5.41, 5.74) is 8.13. The molecule has 1 aromatic rings. The number of nitrogens with two attached hydrogens (primary N) is 1. The molecule has 0 aromatic carbocycles. The van der Waals surface area contributed by atoms with Crippen LogP contribution in [0, 0.1) is 5.92 Å². The second kappa shape index (κ2) is 6.98. The Bertz CT molecular complexity index is 607. The molecule has 0 radical (unpaired) electrons. The third kappa shape index (κ3) is 4.00. The first-order chi connectivity index (χ1) is 11.2. The summed E-state index contributed by atoms with van der Waals surface area (Å²) in [7, 11) is 1.39. The molecular weight excluding hydrogens is 292 g/mol. The van der Waals surface area contributed by atoms with Gasteiger partial charge in [-0.1, -0.05) is 6.42 Å². The number of nitrogens with zero attached hydrogens (tertiary/aromatic N) is 2. The molecule has 0 unspecified atom stereocenters. The lowest BCUT2D eigenvalue weighted by molar-refractivity contribution is 0.0598. The van der Waals surface area contributed by atoms with Crippen molar-refractivity contribution in [2.75, 3.05) is 13.7 Å². The maximum Gasteiger partial charge on any atom is 0.339 e. The number of rotatable bonds is 6. The average molecular weight is 316 g/mol. The first-order valence-electron chi connectivity index (χ1n) is 8.29. The summed E-state index contributed by atoms with van der Waals surface area (Å²) in [4.78, 5) is 20.8. The number of nitrogens with one attached hydrogen (secondary N) is 1. The fourth-order valence-electron chi connectivity index (χ4n) is 2.72. The van der Waals surface area contributed by atoms with Gasteiger partial charge >= 0.3 is 5.97 Å². The van der Waals surface area contributed by atoms with E-state index in [9.17, 15) is 4.79 Å². The second-order valence-electron chi connectivity index (χ2n) is 6.38. The SMILES string of the molecule is COC(=O)c1ccc(CN=C(N)NCC2CCC2)nc1C1CC1. The van der Waals surface area contributed by atoms with Gasteiger partial charge in [0.05, 0.1) is 30.6 Å². The van der Waals surface area contributed by atoms with E-state index in [1.807, 2.05) is 6.07 Å². The Kier molecular flexibility index (Phi) is 4.79.